The maximum atomic E-state index is 13.1. The number of aryl methyl sites for hydroxylation is 2. The first-order valence-electron chi connectivity index (χ1n) is 14.3. The van der Waals surface area contributed by atoms with Crippen LogP contribution in [0.2, 0.25) is 0 Å². The van der Waals surface area contributed by atoms with E-state index >= 15 is 0 Å². The summed E-state index contributed by atoms with van der Waals surface area (Å²) in [5, 5.41) is 30.8. The maximum Gasteiger partial charge on any atom is 0.416 e. The molecule has 0 bridgehead atoms. The molecule has 3 N–H and O–H groups in total. The van der Waals surface area contributed by atoms with Gasteiger partial charge < -0.3 is 20.1 Å². The Hall–Kier alpha value is -4.32. The highest BCUT2D eigenvalue weighted by atomic mass is 32.2. The number of nitrogens with one attached hydrogen (secondary N) is 1. The number of nitrogens with zero attached hydrogens (tertiary/aromatic N) is 3. The summed E-state index contributed by atoms with van der Waals surface area (Å²) in [5.41, 5.74) is 1.05. The molecule has 0 spiro atoms. The van der Waals surface area contributed by atoms with E-state index < -0.39 is 23.7 Å². The van der Waals surface area contributed by atoms with Crippen LogP contribution >= 0.6 is 11.8 Å². The third-order valence-corrected chi connectivity index (χ3v) is 8.00. The number of urea groups is 1. The number of alkyl halides is 3. The van der Waals surface area contributed by atoms with Crippen LogP contribution in [0.4, 0.5) is 29.3 Å². The summed E-state index contributed by atoms with van der Waals surface area (Å²) < 4.78 is 40.9. The lowest BCUT2D eigenvalue weighted by atomic mass is 10.1. The molecular formula is C32H33F3N4O4S. The number of unbranched alkanes of at least 4 members (excludes halogenated alkanes) is 4. The zero-order valence-corrected chi connectivity index (χ0v) is 24.9. The van der Waals surface area contributed by atoms with Crippen molar-refractivity contribution in [3.05, 3.63) is 83.4 Å². The van der Waals surface area contributed by atoms with Gasteiger partial charge in [0.25, 0.3) is 0 Å². The number of aromatic carboxylic acids is 1. The third kappa shape index (κ3) is 8.62. The van der Waals surface area contributed by atoms with Gasteiger partial charge in [0.1, 0.15) is 0 Å². The Bertz CT molecular complexity index is 1640. The molecule has 1 aromatic heterocycles. The predicted molar refractivity (Wildman–Crippen MR) is 165 cm³/mol. The van der Waals surface area contributed by atoms with Gasteiger partial charge in [-0.25, -0.2) is 9.59 Å². The second kappa shape index (κ2) is 14.9. The highest BCUT2D eigenvalue weighted by molar-refractivity contribution is 7.99. The molecule has 1 heterocycles. The van der Waals surface area contributed by atoms with Crippen LogP contribution in [0.25, 0.3) is 10.9 Å². The number of aromatic hydroxyl groups is 1. The van der Waals surface area contributed by atoms with Crippen LogP contribution in [0, 0.1) is 0 Å². The summed E-state index contributed by atoms with van der Waals surface area (Å²) >= 11 is 1.57. The SMILES string of the molecule is CCCCCCCn1c(O)c(N=NC(=O)Nc2cccc(C(F)(F)F)c2)c2cc(SCCc3ccc(C(=O)O)cc3)ccc21. The van der Waals surface area contributed by atoms with Gasteiger partial charge in [0, 0.05) is 28.3 Å². The summed E-state index contributed by atoms with van der Waals surface area (Å²) in [4.78, 5) is 24.5. The smallest absolute Gasteiger partial charge is 0.416 e. The molecule has 0 fully saturated rings. The molecule has 44 heavy (non-hydrogen) atoms. The molecule has 0 aliphatic carbocycles. The van der Waals surface area contributed by atoms with Crippen molar-refractivity contribution in [3.63, 3.8) is 0 Å². The van der Waals surface area contributed by atoms with Gasteiger partial charge in [-0.2, -0.15) is 13.2 Å². The molecule has 0 saturated carbocycles. The summed E-state index contributed by atoms with van der Waals surface area (Å²) in [6.45, 7) is 2.67. The summed E-state index contributed by atoms with van der Waals surface area (Å²) in [5.74, 6) is -0.415. The lowest BCUT2D eigenvalue weighted by Crippen LogP contribution is -2.08. The Labute approximate surface area is 257 Å². The first-order chi connectivity index (χ1) is 21.1. The molecular weight excluding hydrogens is 593 g/mol. The van der Waals surface area contributed by atoms with Crippen LogP contribution in [-0.4, -0.2) is 32.5 Å². The average Bonchev–Trinajstić information content (AvgIpc) is 3.25. The molecule has 4 rings (SSSR count). The van der Waals surface area contributed by atoms with Crippen molar-refractivity contribution in [2.24, 2.45) is 10.2 Å². The van der Waals surface area contributed by atoms with Crippen molar-refractivity contribution < 1.29 is 33.0 Å². The molecule has 4 aromatic rings. The van der Waals surface area contributed by atoms with Crippen molar-refractivity contribution in [3.8, 4) is 5.88 Å². The number of amides is 2. The second-order valence-corrected chi connectivity index (χ2v) is 11.4. The van der Waals surface area contributed by atoms with E-state index in [0.29, 0.717) is 24.1 Å². The van der Waals surface area contributed by atoms with E-state index in [-0.39, 0.29) is 22.8 Å². The molecule has 0 radical (unpaired) electrons. The van der Waals surface area contributed by atoms with Crippen LogP contribution in [-0.2, 0) is 19.1 Å². The van der Waals surface area contributed by atoms with Crippen molar-refractivity contribution in [1.82, 2.24) is 4.57 Å². The van der Waals surface area contributed by atoms with Crippen LogP contribution < -0.4 is 5.32 Å². The standard InChI is InChI=1S/C32H33F3N4O4S/c1-2-3-4-5-6-17-39-27-15-14-25(44-18-16-21-10-12-22(13-11-21)30(41)42)20-26(27)28(29(39)40)37-38-31(43)36-24-9-7-8-23(19-24)32(33,34)35/h7-15,19-20,40H,2-6,16-18H2,1H3,(H,36,43)(H,41,42). The number of carboxylic acid groups (broad SMARTS) is 1. The molecule has 8 nitrogen and oxygen atoms in total. The van der Waals surface area contributed by atoms with Gasteiger partial charge in [-0.1, -0.05) is 55.9 Å². The van der Waals surface area contributed by atoms with Gasteiger partial charge in [-0.05, 0) is 66.9 Å². The van der Waals surface area contributed by atoms with E-state index in [2.05, 4.69) is 22.5 Å². The lowest BCUT2D eigenvalue weighted by Gasteiger charge is -2.08. The summed E-state index contributed by atoms with van der Waals surface area (Å²) in [7, 11) is 0. The molecule has 12 heteroatoms. The summed E-state index contributed by atoms with van der Waals surface area (Å²) in [6, 6.07) is 15.6. The molecule has 2 amide bonds. The molecule has 232 valence electrons. The quantitative estimate of drug-likeness (QED) is 0.0776. The number of anilines is 1. The zero-order valence-electron chi connectivity index (χ0n) is 24.1. The van der Waals surface area contributed by atoms with Crippen LogP contribution in [0.1, 0.15) is 60.5 Å². The van der Waals surface area contributed by atoms with Gasteiger partial charge in [0.2, 0.25) is 5.88 Å². The number of fused-ring (bicyclic) bond motifs is 1. The highest BCUT2D eigenvalue weighted by Crippen LogP contribution is 2.41. The lowest BCUT2D eigenvalue weighted by molar-refractivity contribution is -0.137. The van der Waals surface area contributed by atoms with Gasteiger partial charge in [0.15, 0.2) is 5.69 Å². The van der Waals surface area contributed by atoms with Gasteiger partial charge >= 0.3 is 18.2 Å². The minimum Gasteiger partial charge on any atom is -0.493 e. The number of hydrogen-bond acceptors (Lipinski definition) is 5. The van der Waals surface area contributed by atoms with E-state index in [0.717, 1.165) is 60.2 Å². The Kier molecular flexibility index (Phi) is 11.0. The fourth-order valence-corrected chi connectivity index (χ4v) is 5.65. The van der Waals surface area contributed by atoms with E-state index in [4.69, 9.17) is 5.11 Å². The third-order valence-electron chi connectivity index (χ3n) is 7.01. The number of carbonyl (C=O) groups excluding carboxylic acids is 1. The first kappa shape index (κ1) is 32.6. The molecule has 0 aliphatic heterocycles. The van der Waals surface area contributed by atoms with E-state index in [1.54, 1.807) is 40.6 Å². The second-order valence-electron chi connectivity index (χ2n) is 10.2. The van der Waals surface area contributed by atoms with Crippen molar-refractivity contribution in [2.75, 3.05) is 11.1 Å². The van der Waals surface area contributed by atoms with Crippen molar-refractivity contribution in [2.45, 2.75) is 63.1 Å². The van der Waals surface area contributed by atoms with E-state index in [9.17, 15) is 27.9 Å². The first-order valence-corrected chi connectivity index (χ1v) is 15.3. The number of azo groups is 1. The topological polar surface area (TPSA) is 116 Å². The van der Waals surface area contributed by atoms with Gasteiger partial charge in [-0.15, -0.1) is 16.9 Å². The number of thioether (sulfide) groups is 1. The fraction of sp³-hybridized carbons (Fsp3) is 0.312. The predicted octanol–water partition coefficient (Wildman–Crippen LogP) is 9.68. The maximum absolute atomic E-state index is 13.1. The van der Waals surface area contributed by atoms with E-state index in [1.807, 2.05) is 18.2 Å². The molecule has 0 atom stereocenters. The number of hydrogen-bond donors (Lipinski definition) is 3. The van der Waals surface area contributed by atoms with Crippen LogP contribution in [0.15, 0.2) is 81.9 Å². The van der Waals surface area contributed by atoms with Gasteiger partial charge in [0.05, 0.1) is 16.6 Å². The fourth-order valence-electron chi connectivity index (χ4n) is 4.71. The van der Waals surface area contributed by atoms with Crippen LogP contribution in [0.5, 0.6) is 5.88 Å². The minimum atomic E-state index is -4.56. The van der Waals surface area contributed by atoms with Gasteiger partial charge in [-0.3, -0.25) is 0 Å². The molecule has 0 aliphatic rings. The Balaban J connectivity index is 1.53. The zero-order chi connectivity index (χ0) is 31.7. The Morgan fingerprint density at radius 2 is 1.73 bits per heavy atom. The number of rotatable bonds is 13. The molecule has 3 aromatic carbocycles. The largest absolute Gasteiger partial charge is 0.493 e. The molecule has 0 unspecified atom stereocenters. The number of carboxylic acids is 1. The van der Waals surface area contributed by atoms with Crippen LogP contribution in [0.3, 0.4) is 0 Å². The van der Waals surface area contributed by atoms with Crippen molar-refractivity contribution >= 4 is 46.0 Å². The number of carbonyl (C=O) groups is 2. The highest BCUT2D eigenvalue weighted by Gasteiger charge is 2.30. The van der Waals surface area contributed by atoms with Crippen molar-refractivity contribution in [1.29, 1.82) is 0 Å². The summed E-state index contributed by atoms with van der Waals surface area (Å²) in [6.07, 6.45) is 1.29. The number of benzene rings is 3. The Morgan fingerprint density at radius 3 is 2.43 bits per heavy atom. The number of aromatic nitrogens is 1. The van der Waals surface area contributed by atoms with E-state index in [1.165, 1.54) is 12.1 Å². The normalized spacial score (nSPS) is 11.8. The Morgan fingerprint density at radius 1 is 0.977 bits per heavy atom. The average molecular weight is 627 g/mol. The number of halogens is 3. The molecule has 0 saturated heterocycles. The monoisotopic (exact) mass is 626 g/mol. The minimum absolute atomic E-state index is 0.0845.